The molecule has 2 rings (SSSR count). The number of nitrogens with one attached hydrogen (secondary N) is 1. The van der Waals surface area contributed by atoms with E-state index in [0.717, 1.165) is 18.0 Å². The van der Waals surface area contributed by atoms with E-state index in [1.165, 1.54) is 16.7 Å². The van der Waals surface area contributed by atoms with Crippen LogP contribution in [0.5, 0.6) is 5.75 Å². The molecule has 0 aliphatic rings. The first-order valence-electron chi connectivity index (χ1n) is 7.66. The van der Waals surface area contributed by atoms with Crippen molar-refractivity contribution < 1.29 is 9.53 Å². The van der Waals surface area contributed by atoms with Gasteiger partial charge in [-0.05, 0) is 44.2 Å². The van der Waals surface area contributed by atoms with E-state index < -0.39 is 0 Å². The molecule has 2 aromatic carbocycles. The lowest BCUT2D eigenvalue weighted by Crippen LogP contribution is -2.30. The topological polar surface area (TPSA) is 41.6 Å². The van der Waals surface area contributed by atoms with E-state index >= 15 is 0 Å². The van der Waals surface area contributed by atoms with Gasteiger partial charge in [-0.3, -0.25) is 9.69 Å². The van der Waals surface area contributed by atoms with Crippen LogP contribution in [0.3, 0.4) is 0 Å². The molecule has 0 saturated carbocycles. The molecule has 0 heterocycles. The second-order valence-corrected chi connectivity index (χ2v) is 5.88. The zero-order valence-electron chi connectivity index (χ0n) is 14.2. The molecular formula is C19H24N2O2. The van der Waals surface area contributed by atoms with Crippen molar-refractivity contribution >= 4 is 11.6 Å². The van der Waals surface area contributed by atoms with Crippen LogP contribution in [-0.4, -0.2) is 31.5 Å². The first-order chi connectivity index (χ1) is 11.0. The summed E-state index contributed by atoms with van der Waals surface area (Å²) in [6, 6.07) is 13.8. The van der Waals surface area contributed by atoms with Crippen LogP contribution in [0.25, 0.3) is 0 Å². The maximum Gasteiger partial charge on any atom is 0.238 e. The highest BCUT2D eigenvalue weighted by Crippen LogP contribution is 2.17. The van der Waals surface area contributed by atoms with Gasteiger partial charge in [0.25, 0.3) is 0 Å². The number of carbonyl (C=O) groups excluding carboxylic acids is 1. The first kappa shape index (κ1) is 17.0. The summed E-state index contributed by atoms with van der Waals surface area (Å²) in [5, 5.41) is 2.90. The Morgan fingerprint density at radius 2 is 1.96 bits per heavy atom. The molecule has 0 aliphatic carbocycles. The summed E-state index contributed by atoms with van der Waals surface area (Å²) in [4.78, 5) is 14.2. The Hall–Kier alpha value is -2.33. The number of methoxy groups -OCH3 is 1. The average molecular weight is 312 g/mol. The number of amides is 1. The number of hydrogen-bond donors (Lipinski definition) is 1. The Labute approximate surface area is 138 Å². The predicted octanol–water partition coefficient (Wildman–Crippen LogP) is 3.38. The lowest BCUT2D eigenvalue weighted by Gasteiger charge is -2.18. The number of benzene rings is 2. The number of likely N-dealkylation sites (N-methyl/N-ethyl adjacent to an activating group) is 1. The molecule has 0 radical (unpaired) electrons. The van der Waals surface area contributed by atoms with Crippen LogP contribution in [0.15, 0.2) is 42.5 Å². The minimum atomic E-state index is -0.0361. The smallest absolute Gasteiger partial charge is 0.238 e. The van der Waals surface area contributed by atoms with E-state index in [-0.39, 0.29) is 5.91 Å². The van der Waals surface area contributed by atoms with Crippen molar-refractivity contribution in [2.45, 2.75) is 20.4 Å². The molecule has 0 atom stereocenters. The number of anilines is 1. The van der Waals surface area contributed by atoms with E-state index in [1.54, 1.807) is 7.11 Å². The van der Waals surface area contributed by atoms with Crippen LogP contribution in [0, 0.1) is 13.8 Å². The standard InChI is InChI=1S/C19H24N2O2/c1-14-8-9-15(2)16(10-14)12-21(3)13-19(22)20-17-6-5-7-18(11-17)23-4/h5-11H,12-13H2,1-4H3,(H,20,22). The lowest BCUT2D eigenvalue weighted by atomic mass is 10.1. The summed E-state index contributed by atoms with van der Waals surface area (Å²) in [5.74, 6) is 0.692. The predicted molar refractivity (Wildman–Crippen MR) is 93.9 cm³/mol. The van der Waals surface area contributed by atoms with Gasteiger partial charge in [-0.15, -0.1) is 0 Å². The summed E-state index contributed by atoms with van der Waals surface area (Å²) >= 11 is 0. The van der Waals surface area contributed by atoms with Crippen LogP contribution < -0.4 is 10.1 Å². The van der Waals surface area contributed by atoms with Crippen molar-refractivity contribution in [1.82, 2.24) is 4.90 Å². The molecule has 122 valence electrons. The Kier molecular flexibility index (Phi) is 5.77. The molecular weight excluding hydrogens is 288 g/mol. The maximum atomic E-state index is 12.2. The number of nitrogens with zero attached hydrogens (tertiary/aromatic N) is 1. The second-order valence-electron chi connectivity index (χ2n) is 5.88. The van der Waals surface area contributed by atoms with Gasteiger partial charge in [-0.1, -0.05) is 29.8 Å². The molecule has 0 spiro atoms. The molecule has 0 fully saturated rings. The average Bonchev–Trinajstić information content (AvgIpc) is 2.50. The van der Waals surface area contributed by atoms with Crippen LogP contribution in [0.4, 0.5) is 5.69 Å². The van der Waals surface area contributed by atoms with E-state index in [0.29, 0.717) is 6.54 Å². The van der Waals surface area contributed by atoms with Crippen molar-refractivity contribution in [2.24, 2.45) is 0 Å². The number of hydrogen-bond acceptors (Lipinski definition) is 3. The summed E-state index contributed by atoms with van der Waals surface area (Å²) in [5.41, 5.74) is 4.48. The van der Waals surface area contributed by atoms with Gasteiger partial charge >= 0.3 is 0 Å². The fraction of sp³-hybridized carbons (Fsp3) is 0.316. The van der Waals surface area contributed by atoms with Gasteiger partial charge in [0.1, 0.15) is 5.75 Å². The molecule has 1 amide bonds. The van der Waals surface area contributed by atoms with Gasteiger partial charge in [-0.25, -0.2) is 0 Å². The van der Waals surface area contributed by atoms with Gasteiger partial charge in [0.05, 0.1) is 13.7 Å². The molecule has 23 heavy (non-hydrogen) atoms. The number of ether oxygens (including phenoxy) is 1. The van der Waals surface area contributed by atoms with Crippen molar-refractivity contribution in [1.29, 1.82) is 0 Å². The maximum absolute atomic E-state index is 12.2. The van der Waals surface area contributed by atoms with Gasteiger partial charge in [-0.2, -0.15) is 0 Å². The first-order valence-corrected chi connectivity index (χ1v) is 7.66. The Morgan fingerprint density at radius 1 is 1.17 bits per heavy atom. The second kappa shape index (κ2) is 7.79. The van der Waals surface area contributed by atoms with Gasteiger partial charge in [0.15, 0.2) is 0 Å². The Balaban J connectivity index is 1.92. The van der Waals surface area contributed by atoms with Gasteiger partial charge in [0, 0.05) is 18.3 Å². The van der Waals surface area contributed by atoms with E-state index in [2.05, 4.69) is 37.4 Å². The van der Waals surface area contributed by atoms with Crippen molar-refractivity contribution in [3.8, 4) is 5.75 Å². The van der Waals surface area contributed by atoms with E-state index in [4.69, 9.17) is 4.74 Å². The minimum Gasteiger partial charge on any atom is -0.497 e. The quantitative estimate of drug-likeness (QED) is 0.889. The van der Waals surface area contributed by atoms with Gasteiger partial charge in [0.2, 0.25) is 5.91 Å². The van der Waals surface area contributed by atoms with Crippen LogP contribution >= 0.6 is 0 Å². The molecule has 0 aliphatic heterocycles. The van der Waals surface area contributed by atoms with E-state index in [9.17, 15) is 4.79 Å². The summed E-state index contributed by atoms with van der Waals surface area (Å²) in [7, 11) is 3.56. The largest absolute Gasteiger partial charge is 0.497 e. The lowest BCUT2D eigenvalue weighted by molar-refractivity contribution is -0.117. The highest BCUT2D eigenvalue weighted by molar-refractivity contribution is 5.92. The highest BCUT2D eigenvalue weighted by Gasteiger charge is 2.09. The zero-order valence-corrected chi connectivity index (χ0v) is 14.2. The molecule has 0 aromatic heterocycles. The summed E-state index contributed by atoms with van der Waals surface area (Å²) < 4.78 is 5.16. The molecule has 0 saturated heterocycles. The molecule has 2 aromatic rings. The highest BCUT2D eigenvalue weighted by atomic mass is 16.5. The molecule has 4 heteroatoms. The Morgan fingerprint density at radius 3 is 2.70 bits per heavy atom. The molecule has 1 N–H and O–H groups in total. The monoisotopic (exact) mass is 312 g/mol. The number of rotatable bonds is 6. The molecule has 4 nitrogen and oxygen atoms in total. The fourth-order valence-electron chi connectivity index (χ4n) is 2.46. The third kappa shape index (κ3) is 5.11. The third-order valence-corrected chi connectivity index (χ3v) is 3.71. The summed E-state index contributed by atoms with van der Waals surface area (Å²) in [6.07, 6.45) is 0. The van der Waals surface area contributed by atoms with Crippen molar-refractivity contribution in [3.05, 3.63) is 59.2 Å². The molecule has 0 unspecified atom stereocenters. The van der Waals surface area contributed by atoms with Crippen molar-refractivity contribution in [2.75, 3.05) is 26.0 Å². The normalized spacial score (nSPS) is 10.7. The molecule has 0 bridgehead atoms. The Bertz CT molecular complexity index is 683. The fourth-order valence-corrected chi connectivity index (χ4v) is 2.46. The van der Waals surface area contributed by atoms with Crippen LogP contribution in [0.2, 0.25) is 0 Å². The number of aryl methyl sites for hydroxylation is 2. The minimum absolute atomic E-state index is 0.0361. The zero-order chi connectivity index (χ0) is 16.8. The SMILES string of the molecule is COc1cccc(NC(=O)CN(C)Cc2cc(C)ccc2C)c1. The van der Waals surface area contributed by atoms with Crippen molar-refractivity contribution in [3.63, 3.8) is 0 Å². The van der Waals surface area contributed by atoms with Crippen LogP contribution in [0.1, 0.15) is 16.7 Å². The van der Waals surface area contributed by atoms with Crippen LogP contribution in [-0.2, 0) is 11.3 Å². The number of carbonyl (C=O) groups is 1. The van der Waals surface area contributed by atoms with Gasteiger partial charge < -0.3 is 10.1 Å². The summed E-state index contributed by atoms with van der Waals surface area (Å²) in [6.45, 7) is 5.26. The van der Waals surface area contributed by atoms with E-state index in [1.807, 2.05) is 36.2 Å². The third-order valence-electron chi connectivity index (χ3n) is 3.71.